The minimum atomic E-state index is -0.773. The number of halogens is 2. The number of hydrogen-bond donors (Lipinski definition) is 5. The zero-order chi connectivity index (χ0) is 57.5. The van der Waals surface area contributed by atoms with Gasteiger partial charge in [-0.25, -0.2) is 8.78 Å². The Labute approximate surface area is 472 Å². The number of morpholine rings is 1. The van der Waals surface area contributed by atoms with E-state index in [1.807, 2.05) is 39.8 Å². The van der Waals surface area contributed by atoms with Crippen molar-refractivity contribution >= 4 is 35.0 Å². The van der Waals surface area contributed by atoms with Crippen molar-refractivity contribution in [1.82, 2.24) is 50.4 Å². The Morgan fingerprint density at radius 1 is 0.630 bits per heavy atom. The molecule has 6 aliphatic rings. The number of carbonyl (C=O) groups excluding carboxylic acids is 4. The minimum Gasteiger partial charge on any atom is -0.366 e. The van der Waals surface area contributed by atoms with Gasteiger partial charge in [0.1, 0.15) is 17.7 Å². The van der Waals surface area contributed by atoms with E-state index < -0.39 is 16.9 Å². The molecule has 21 heteroatoms. The molecule has 2 unspecified atom stereocenters. The predicted molar refractivity (Wildman–Crippen MR) is 306 cm³/mol. The molecule has 0 bridgehead atoms. The van der Waals surface area contributed by atoms with Gasteiger partial charge in [-0.3, -0.25) is 48.4 Å². The standard InChI is InChI=1S/C60H80F2N12O7/c1-37-27-71(33-52(76)73-35-59(4,5)54-48(73)22-42(56(78)66-54)20-40-8-12-44(61)13-9-40)46(24-63-37)30-68-18-19-81-50(32-68)58(80)65-26-51(75)70-17-16-69(39(3)29-70)31-47-25-64-38(2)28-72(47)34-53(77)74-36-60(6,7)55-49(74)23-43(57(79)67-55)21-41-10-14-45(62)15-11-41/h8-15,22-23,37-39,46-47,50,63-64H,16-21,24-36H2,1-7H3,(H,65,80)(H,66,78)(H,67,79)/t37-,38-,39?,46-,47-,50?/m1/s1. The maximum atomic E-state index is 14.4. The van der Waals surface area contributed by atoms with Crippen LogP contribution in [0.2, 0.25) is 0 Å². The molecule has 0 radical (unpaired) electrons. The molecule has 4 saturated heterocycles. The number of H-pyrrole nitrogens is 2. The highest BCUT2D eigenvalue weighted by Gasteiger charge is 2.43. The summed E-state index contributed by atoms with van der Waals surface area (Å²) in [6.07, 6.45) is -0.163. The number of hydrogen-bond acceptors (Lipinski definition) is 13. The van der Waals surface area contributed by atoms with E-state index in [1.54, 1.807) is 39.0 Å². The second kappa shape index (κ2) is 23.9. The van der Waals surface area contributed by atoms with E-state index in [4.69, 9.17) is 4.74 Å². The number of carbonyl (C=O) groups is 4. The third-order valence-corrected chi connectivity index (χ3v) is 17.5. The second-order valence-corrected chi connectivity index (χ2v) is 24.9. The number of piperazine rings is 3. The number of fused-ring (bicyclic) bond motifs is 2. The fourth-order valence-corrected chi connectivity index (χ4v) is 12.9. The van der Waals surface area contributed by atoms with Crippen LogP contribution in [0.3, 0.4) is 0 Å². The Morgan fingerprint density at radius 3 is 1.62 bits per heavy atom. The van der Waals surface area contributed by atoms with Gasteiger partial charge >= 0.3 is 0 Å². The van der Waals surface area contributed by atoms with E-state index in [9.17, 15) is 37.5 Å². The summed E-state index contributed by atoms with van der Waals surface area (Å²) in [5.41, 5.74) is 4.06. The van der Waals surface area contributed by atoms with Crippen LogP contribution in [0.4, 0.5) is 20.2 Å². The normalized spacial score (nSPS) is 25.2. The van der Waals surface area contributed by atoms with Crippen LogP contribution < -0.4 is 36.9 Å². The highest BCUT2D eigenvalue weighted by Crippen LogP contribution is 2.40. The molecule has 4 amide bonds. The Hall–Kier alpha value is -6.20. The van der Waals surface area contributed by atoms with Gasteiger partial charge in [0, 0.05) is 161 Å². The highest BCUT2D eigenvalue weighted by molar-refractivity contribution is 5.98. The van der Waals surface area contributed by atoms with Crippen molar-refractivity contribution in [3.8, 4) is 0 Å². The molecule has 81 heavy (non-hydrogen) atoms. The number of nitrogens with zero attached hydrogens (tertiary/aromatic N) is 7. The van der Waals surface area contributed by atoms with Gasteiger partial charge in [0.25, 0.3) is 17.0 Å². The van der Waals surface area contributed by atoms with Crippen LogP contribution in [0.25, 0.3) is 0 Å². The molecule has 2 aromatic heterocycles. The molecule has 6 atom stereocenters. The van der Waals surface area contributed by atoms with E-state index in [0.29, 0.717) is 127 Å². The molecule has 4 aromatic rings. The van der Waals surface area contributed by atoms with E-state index in [0.717, 1.165) is 22.5 Å². The molecule has 8 heterocycles. The number of aromatic nitrogens is 2. The van der Waals surface area contributed by atoms with E-state index in [2.05, 4.69) is 66.3 Å². The molecule has 436 valence electrons. The van der Waals surface area contributed by atoms with Crippen LogP contribution in [-0.4, -0.2) is 206 Å². The topological polar surface area (TPSA) is 202 Å². The number of anilines is 2. The summed E-state index contributed by atoms with van der Waals surface area (Å²) in [7, 11) is 0. The number of ether oxygens (including phenoxy) is 1. The molecule has 0 aliphatic carbocycles. The third-order valence-electron chi connectivity index (χ3n) is 17.5. The van der Waals surface area contributed by atoms with Gasteiger partial charge in [-0.15, -0.1) is 0 Å². The van der Waals surface area contributed by atoms with Crippen LogP contribution >= 0.6 is 0 Å². The number of aromatic amines is 2. The molecule has 4 fully saturated rings. The second-order valence-electron chi connectivity index (χ2n) is 24.9. The van der Waals surface area contributed by atoms with Crippen molar-refractivity contribution in [2.24, 2.45) is 0 Å². The molecule has 19 nitrogen and oxygen atoms in total. The van der Waals surface area contributed by atoms with Gasteiger partial charge in [0.15, 0.2) is 0 Å². The molecule has 6 aliphatic heterocycles. The lowest BCUT2D eigenvalue weighted by Gasteiger charge is -2.45. The number of amides is 4. The van der Waals surface area contributed by atoms with Crippen LogP contribution in [-0.2, 0) is 47.6 Å². The van der Waals surface area contributed by atoms with Crippen molar-refractivity contribution in [1.29, 1.82) is 0 Å². The van der Waals surface area contributed by atoms with Gasteiger partial charge < -0.3 is 45.4 Å². The smallest absolute Gasteiger partial charge is 0.251 e. The Morgan fingerprint density at radius 2 is 1.12 bits per heavy atom. The monoisotopic (exact) mass is 1120 g/mol. The van der Waals surface area contributed by atoms with Crippen molar-refractivity contribution < 1.29 is 32.7 Å². The van der Waals surface area contributed by atoms with E-state index in [1.165, 1.54) is 24.3 Å². The van der Waals surface area contributed by atoms with Gasteiger partial charge in [0.05, 0.1) is 37.6 Å². The third kappa shape index (κ3) is 13.2. The first-order chi connectivity index (χ1) is 38.6. The lowest BCUT2D eigenvalue weighted by molar-refractivity contribution is -0.142. The van der Waals surface area contributed by atoms with Crippen LogP contribution in [0.1, 0.15) is 82.1 Å². The minimum absolute atomic E-state index is 0.0238. The van der Waals surface area contributed by atoms with Gasteiger partial charge in [-0.2, -0.15) is 0 Å². The molecule has 0 spiro atoms. The lowest BCUT2D eigenvalue weighted by atomic mass is 9.91. The molecule has 10 rings (SSSR count). The number of nitrogens with one attached hydrogen (secondary N) is 5. The molecule has 2 aromatic carbocycles. The Balaban J connectivity index is 0.699. The van der Waals surface area contributed by atoms with E-state index >= 15 is 0 Å². The fraction of sp³-hybridized carbons (Fsp3) is 0.567. The van der Waals surface area contributed by atoms with E-state index in [-0.39, 0.29) is 96.2 Å². The quantitative estimate of drug-likeness (QED) is 0.116. The summed E-state index contributed by atoms with van der Waals surface area (Å²) < 4.78 is 33.3. The van der Waals surface area contributed by atoms with Gasteiger partial charge in [0.2, 0.25) is 17.7 Å². The molecule has 5 N–H and O–H groups in total. The average Bonchev–Trinajstić information content (AvgIpc) is 4.11. The van der Waals surface area contributed by atoms with Gasteiger partial charge in [-0.1, -0.05) is 52.0 Å². The first kappa shape index (κ1) is 58.0. The lowest BCUT2D eigenvalue weighted by Crippen LogP contribution is -2.63. The van der Waals surface area contributed by atoms with Crippen LogP contribution in [0.5, 0.6) is 0 Å². The summed E-state index contributed by atoms with van der Waals surface area (Å²) in [6, 6.07) is 16.1. The van der Waals surface area contributed by atoms with Crippen molar-refractivity contribution in [3.05, 3.63) is 127 Å². The van der Waals surface area contributed by atoms with Crippen LogP contribution in [0.15, 0.2) is 70.3 Å². The first-order valence-electron chi connectivity index (χ1n) is 28.8. The maximum absolute atomic E-state index is 14.4. The van der Waals surface area contributed by atoms with Gasteiger partial charge in [-0.05, 0) is 68.3 Å². The van der Waals surface area contributed by atoms with Crippen molar-refractivity contribution in [2.45, 2.75) is 108 Å². The Bertz CT molecular complexity index is 3100. The highest BCUT2D eigenvalue weighted by atomic mass is 19.1. The number of benzene rings is 2. The summed E-state index contributed by atoms with van der Waals surface area (Å²) in [6.45, 7) is 22.3. The molecular formula is C60H80F2N12O7. The fourth-order valence-electron chi connectivity index (χ4n) is 12.9. The summed E-state index contributed by atoms with van der Waals surface area (Å²) >= 11 is 0. The van der Waals surface area contributed by atoms with Crippen LogP contribution in [0, 0.1) is 11.6 Å². The predicted octanol–water partition coefficient (Wildman–Crippen LogP) is 2.15. The zero-order valence-corrected chi connectivity index (χ0v) is 47.9. The summed E-state index contributed by atoms with van der Waals surface area (Å²) in [5, 5.41) is 10.1. The molecular weight excluding hydrogens is 1040 g/mol. The zero-order valence-electron chi connectivity index (χ0n) is 47.9. The summed E-state index contributed by atoms with van der Waals surface area (Å²) in [5.74, 6) is -1.32. The number of rotatable bonds is 15. The molecule has 0 saturated carbocycles. The van der Waals surface area contributed by atoms with Crippen molar-refractivity contribution in [2.75, 3.05) is 121 Å². The number of pyridine rings is 2. The Kier molecular flexibility index (Phi) is 17.2. The first-order valence-corrected chi connectivity index (χ1v) is 28.8. The summed E-state index contributed by atoms with van der Waals surface area (Å²) in [4.78, 5) is 103. The maximum Gasteiger partial charge on any atom is 0.251 e. The van der Waals surface area contributed by atoms with Crippen molar-refractivity contribution in [3.63, 3.8) is 0 Å². The SMILES string of the molecule is CC1CN(C(=O)CNC(=O)C2CN(C[C@H]3CN[C@H](C)CN3CC(=O)N3CC(C)(C)c4[nH]c(=O)c(Cc5ccc(F)cc5)cc43)CCO2)CCN1C[C@H]1CN[C@H](C)CN1CC(=O)N1CC(C)(C)c2[nH]c(=O)c(Cc3ccc(F)cc3)cc21. The largest absolute Gasteiger partial charge is 0.366 e. The average molecular weight is 1120 g/mol.